The van der Waals surface area contributed by atoms with Gasteiger partial charge in [0.15, 0.2) is 0 Å². The molecule has 2 aromatic rings. The van der Waals surface area contributed by atoms with Crippen LogP contribution in [0.4, 0.5) is 16.3 Å². The molecule has 2 rings (SSSR count). The van der Waals surface area contributed by atoms with Crippen molar-refractivity contribution in [3.05, 3.63) is 36.0 Å². The Morgan fingerprint density at radius 1 is 1.29 bits per heavy atom. The fourth-order valence-corrected chi connectivity index (χ4v) is 1.98. The molecule has 0 fully saturated rings. The van der Waals surface area contributed by atoms with Gasteiger partial charge in [-0.15, -0.1) is 0 Å². The first-order valence-electron chi connectivity index (χ1n) is 6.89. The van der Waals surface area contributed by atoms with Crippen molar-refractivity contribution in [2.24, 2.45) is 0 Å². The second-order valence-corrected chi connectivity index (χ2v) is 4.70. The number of benzene rings is 1. The van der Waals surface area contributed by atoms with E-state index >= 15 is 0 Å². The summed E-state index contributed by atoms with van der Waals surface area (Å²) in [6.07, 6.45) is 0.954. The number of carbonyl (C=O) groups is 1. The number of amides is 2. The van der Waals surface area contributed by atoms with Crippen molar-refractivity contribution in [3.8, 4) is 5.75 Å². The van der Waals surface area contributed by atoms with Gasteiger partial charge in [-0.3, -0.25) is 5.32 Å². The van der Waals surface area contributed by atoms with Crippen LogP contribution < -0.4 is 15.4 Å². The van der Waals surface area contributed by atoms with E-state index in [-0.39, 0.29) is 6.03 Å². The smallest absolute Gasteiger partial charge is 0.324 e. The third kappa shape index (κ3) is 3.98. The van der Waals surface area contributed by atoms with Crippen LogP contribution in [0, 0.1) is 6.92 Å². The number of aryl methyl sites for hydroxylation is 2. The second kappa shape index (κ2) is 6.78. The minimum absolute atomic E-state index is 0.294. The van der Waals surface area contributed by atoms with Crippen LogP contribution in [-0.2, 0) is 6.54 Å². The summed E-state index contributed by atoms with van der Waals surface area (Å²) in [5, 5.41) is 9.93. The molecule has 0 saturated carbocycles. The molecular weight excluding hydrogens is 268 g/mol. The molecule has 6 heteroatoms. The van der Waals surface area contributed by atoms with Crippen molar-refractivity contribution in [2.75, 3.05) is 17.7 Å². The summed E-state index contributed by atoms with van der Waals surface area (Å²) >= 11 is 0. The molecule has 0 bridgehead atoms. The molecule has 21 heavy (non-hydrogen) atoms. The van der Waals surface area contributed by atoms with Gasteiger partial charge in [-0.2, -0.15) is 5.10 Å². The third-order valence-corrected chi connectivity index (χ3v) is 2.93. The van der Waals surface area contributed by atoms with E-state index in [1.54, 1.807) is 36.1 Å². The predicted octanol–water partition coefficient (Wildman–Crippen LogP) is 3.25. The molecule has 0 aliphatic rings. The summed E-state index contributed by atoms with van der Waals surface area (Å²) in [5.41, 5.74) is 1.58. The van der Waals surface area contributed by atoms with Crippen LogP contribution >= 0.6 is 0 Å². The molecule has 1 aromatic carbocycles. The van der Waals surface area contributed by atoms with E-state index in [1.807, 2.05) is 13.0 Å². The van der Waals surface area contributed by atoms with Crippen LogP contribution in [-0.4, -0.2) is 22.9 Å². The number of ether oxygens (including phenoxy) is 1. The van der Waals surface area contributed by atoms with Crippen LogP contribution in [0.2, 0.25) is 0 Å². The van der Waals surface area contributed by atoms with Gasteiger partial charge in [-0.25, -0.2) is 9.48 Å². The standard InChI is InChI=1S/C15H20N4O2/c1-4-9-19-14(10-11(2)18-19)17-15(20)16-12-5-7-13(21-3)8-6-12/h5-8,10H,4,9H2,1-3H3,(H2,16,17,20). The van der Waals surface area contributed by atoms with E-state index in [0.29, 0.717) is 11.5 Å². The number of hydrogen-bond donors (Lipinski definition) is 2. The third-order valence-electron chi connectivity index (χ3n) is 2.93. The maximum Gasteiger partial charge on any atom is 0.324 e. The van der Waals surface area contributed by atoms with Crippen molar-refractivity contribution in [3.63, 3.8) is 0 Å². The number of rotatable bonds is 5. The summed E-state index contributed by atoms with van der Waals surface area (Å²) in [5.74, 6) is 1.44. The molecule has 0 saturated heterocycles. The first kappa shape index (κ1) is 14.9. The zero-order valence-electron chi connectivity index (χ0n) is 12.5. The Kier molecular flexibility index (Phi) is 4.81. The average molecular weight is 288 g/mol. The number of carbonyl (C=O) groups excluding carboxylic acids is 1. The van der Waals surface area contributed by atoms with Gasteiger partial charge < -0.3 is 10.1 Å². The topological polar surface area (TPSA) is 68.2 Å². The van der Waals surface area contributed by atoms with Crippen molar-refractivity contribution < 1.29 is 9.53 Å². The molecule has 2 amide bonds. The lowest BCUT2D eigenvalue weighted by Crippen LogP contribution is -2.21. The Bertz CT molecular complexity index is 605. The molecule has 0 aliphatic heterocycles. The Morgan fingerprint density at radius 2 is 2.00 bits per heavy atom. The van der Waals surface area contributed by atoms with E-state index in [0.717, 1.165) is 24.4 Å². The molecular formula is C15H20N4O2. The number of aromatic nitrogens is 2. The van der Waals surface area contributed by atoms with Gasteiger partial charge in [0.2, 0.25) is 0 Å². The molecule has 0 atom stereocenters. The van der Waals surface area contributed by atoms with E-state index in [9.17, 15) is 4.79 Å². The van der Waals surface area contributed by atoms with E-state index in [1.165, 1.54) is 0 Å². The van der Waals surface area contributed by atoms with Crippen molar-refractivity contribution in [1.82, 2.24) is 9.78 Å². The molecule has 0 aliphatic carbocycles. The first-order valence-corrected chi connectivity index (χ1v) is 6.89. The van der Waals surface area contributed by atoms with Gasteiger partial charge in [-0.05, 0) is 37.6 Å². The molecule has 0 radical (unpaired) electrons. The quantitative estimate of drug-likeness (QED) is 0.887. The maximum atomic E-state index is 12.0. The monoisotopic (exact) mass is 288 g/mol. The van der Waals surface area contributed by atoms with E-state index < -0.39 is 0 Å². The minimum atomic E-state index is -0.294. The summed E-state index contributed by atoms with van der Waals surface area (Å²) in [6, 6.07) is 8.71. The number of anilines is 2. The van der Waals surface area contributed by atoms with Crippen LogP contribution in [0.5, 0.6) is 5.75 Å². The molecule has 1 aromatic heterocycles. The van der Waals surface area contributed by atoms with Crippen LogP contribution in [0.25, 0.3) is 0 Å². The highest BCUT2D eigenvalue weighted by atomic mass is 16.5. The molecule has 1 heterocycles. The highest BCUT2D eigenvalue weighted by Crippen LogP contribution is 2.16. The fraction of sp³-hybridized carbons (Fsp3) is 0.333. The van der Waals surface area contributed by atoms with Gasteiger partial charge >= 0.3 is 6.03 Å². The van der Waals surface area contributed by atoms with E-state index in [2.05, 4.69) is 22.7 Å². The zero-order chi connectivity index (χ0) is 15.2. The molecule has 0 unspecified atom stereocenters. The lowest BCUT2D eigenvalue weighted by molar-refractivity contribution is 0.262. The molecule has 2 N–H and O–H groups in total. The minimum Gasteiger partial charge on any atom is -0.497 e. The zero-order valence-corrected chi connectivity index (χ0v) is 12.5. The normalized spacial score (nSPS) is 10.2. The second-order valence-electron chi connectivity index (χ2n) is 4.70. The van der Waals surface area contributed by atoms with Crippen molar-refractivity contribution >= 4 is 17.5 Å². The number of hydrogen-bond acceptors (Lipinski definition) is 3. The Labute approximate surface area is 124 Å². The van der Waals surface area contributed by atoms with Gasteiger partial charge in [-0.1, -0.05) is 6.92 Å². The SMILES string of the molecule is CCCn1nc(C)cc1NC(=O)Nc1ccc(OC)cc1. The number of nitrogens with one attached hydrogen (secondary N) is 2. The molecule has 112 valence electrons. The highest BCUT2D eigenvalue weighted by Gasteiger charge is 2.09. The lowest BCUT2D eigenvalue weighted by Gasteiger charge is -2.09. The van der Waals surface area contributed by atoms with Crippen molar-refractivity contribution in [1.29, 1.82) is 0 Å². The number of nitrogens with zero attached hydrogens (tertiary/aromatic N) is 2. The Morgan fingerprint density at radius 3 is 2.62 bits per heavy atom. The lowest BCUT2D eigenvalue weighted by atomic mass is 10.3. The number of methoxy groups -OCH3 is 1. The average Bonchev–Trinajstić information content (AvgIpc) is 2.80. The van der Waals surface area contributed by atoms with Crippen molar-refractivity contribution in [2.45, 2.75) is 26.8 Å². The van der Waals surface area contributed by atoms with Crippen LogP contribution in [0.1, 0.15) is 19.0 Å². The van der Waals surface area contributed by atoms with Gasteiger partial charge in [0.1, 0.15) is 11.6 Å². The largest absolute Gasteiger partial charge is 0.497 e. The first-order chi connectivity index (χ1) is 10.1. The molecule has 0 spiro atoms. The predicted molar refractivity (Wildman–Crippen MR) is 82.9 cm³/mol. The van der Waals surface area contributed by atoms with Crippen LogP contribution in [0.15, 0.2) is 30.3 Å². The maximum absolute atomic E-state index is 12.0. The molecule has 6 nitrogen and oxygen atoms in total. The summed E-state index contributed by atoms with van der Waals surface area (Å²) in [6.45, 7) is 4.74. The van der Waals surface area contributed by atoms with Gasteiger partial charge in [0.25, 0.3) is 0 Å². The number of urea groups is 1. The van der Waals surface area contributed by atoms with E-state index in [4.69, 9.17) is 4.74 Å². The van der Waals surface area contributed by atoms with Gasteiger partial charge in [0.05, 0.1) is 12.8 Å². The highest BCUT2D eigenvalue weighted by molar-refractivity contribution is 5.99. The Hall–Kier alpha value is -2.50. The summed E-state index contributed by atoms with van der Waals surface area (Å²) in [7, 11) is 1.60. The summed E-state index contributed by atoms with van der Waals surface area (Å²) < 4.78 is 6.87. The van der Waals surface area contributed by atoms with Crippen LogP contribution in [0.3, 0.4) is 0 Å². The van der Waals surface area contributed by atoms with Gasteiger partial charge in [0, 0.05) is 18.3 Å². The summed E-state index contributed by atoms with van der Waals surface area (Å²) in [4.78, 5) is 12.0. The Balaban J connectivity index is 2.00. The fourth-order valence-electron chi connectivity index (χ4n) is 1.98.